The van der Waals surface area contributed by atoms with Crippen molar-refractivity contribution in [1.82, 2.24) is 10.2 Å². The van der Waals surface area contributed by atoms with Crippen LogP contribution in [0.5, 0.6) is 0 Å². The van der Waals surface area contributed by atoms with E-state index in [2.05, 4.69) is 33.1 Å². The highest BCUT2D eigenvalue weighted by molar-refractivity contribution is 9.10. The van der Waals surface area contributed by atoms with Gasteiger partial charge in [-0.3, -0.25) is 9.69 Å². The van der Waals surface area contributed by atoms with Gasteiger partial charge in [-0.2, -0.15) is 0 Å². The highest BCUT2D eigenvalue weighted by atomic mass is 79.9. The number of aliphatic hydroxyl groups is 4. The van der Waals surface area contributed by atoms with Crippen LogP contribution in [0.4, 0.5) is 5.69 Å². The van der Waals surface area contributed by atoms with Crippen molar-refractivity contribution in [2.75, 3.05) is 18.9 Å². The average molecular weight is 516 g/mol. The number of aldehydes is 1. The number of rotatable bonds is 11. The first-order valence-corrected chi connectivity index (χ1v) is 11.8. The van der Waals surface area contributed by atoms with Crippen LogP contribution in [0.25, 0.3) is 0 Å². The van der Waals surface area contributed by atoms with Crippen molar-refractivity contribution in [2.45, 2.75) is 76.0 Å². The lowest BCUT2D eigenvalue weighted by Crippen LogP contribution is -2.53. The Morgan fingerprint density at radius 2 is 1.91 bits per heavy atom. The predicted octanol–water partition coefficient (Wildman–Crippen LogP) is 0.558. The maximum Gasteiger partial charge on any atom is 0.251 e. The fraction of sp³-hybridized carbons (Fsp3) is 0.636. The molecule has 1 fully saturated rings. The molecule has 1 amide bonds. The number of halogens is 1. The Morgan fingerprint density at radius 3 is 2.47 bits per heavy atom. The van der Waals surface area contributed by atoms with E-state index in [9.17, 15) is 24.9 Å². The molecule has 0 heterocycles. The number of aliphatic hydroxyl groups excluding tert-OH is 4. The second kappa shape index (κ2) is 12.6. The zero-order valence-corrected chi connectivity index (χ0v) is 19.9. The number of amides is 1. The Balaban J connectivity index is 2.19. The molecular formula is C22H34BrN3O6. The monoisotopic (exact) mass is 515 g/mol. The first-order valence-electron chi connectivity index (χ1n) is 11.0. The second-order valence-corrected chi connectivity index (χ2v) is 9.11. The van der Waals surface area contributed by atoms with Gasteiger partial charge < -0.3 is 36.3 Å². The number of nitrogens with two attached hydrogens (primary N) is 1. The first kappa shape index (κ1) is 26.7. The lowest BCUT2D eigenvalue weighted by Gasteiger charge is -2.34. The molecule has 9 nitrogen and oxygen atoms in total. The number of hydrogen-bond acceptors (Lipinski definition) is 8. The van der Waals surface area contributed by atoms with Crippen LogP contribution in [0, 0.1) is 0 Å². The maximum atomic E-state index is 12.8. The van der Waals surface area contributed by atoms with Crippen LogP contribution in [0.2, 0.25) is 0 Å². The molecule has 0 unspecified atom stereocenters. The van der Waals surface area contributed by atoms with E-state index in [1.807, 2.05) is 0 Å². The minimum Gasteiger partial charge on any atom is -0.398 e. The molecule has 1 aliphatic rings. The molecule has 10 heteroatoms. The Kier molecular flexibility index (Phi) is 10.5. The minimum atomic E-state index is -1.81. The third-order valence-electron chi connectivity index (χ3n) is 6.09. The van der Waals surface area contributed by atoms with Crippen LogP contribution in [-0.2, 0) is 11.3 Å². The maximum absolute atomic E-state index is 12.8. The average Bonchev–Trinajstić information content (AvgIpc) is 2.82. The first-order chi connectivity index (χ1) is 15.2. The van der Waals surface area contributed by atoms with Gasteiger partial charge in [-0.15, -0.1) is 0 Å². The van der Waals surface area contributed by atoms with Gasteiger partial charge in [0.15, 0.2) is 0 Å². The van der Waals surface area contributed by atoms with E-state index in [4.69, 9.17) is 10.8 Å². The Labute approximate surface area is 196 Å². The third kappa shape index (κ3) is 6.72. The lowest BCUT2D eigenvalue weighted by atomic mass is 9.93. The van der Waals surface area contributed by atoms with Crippen LogP contribution in [-0.4, -0.2) is 81.1 Å². The number of carbonyl (C=O) groups excluding carboxylic acids is 2. The van der Waals surface area contributed by atoms with Gasteiger partial charge in [0.1, 0.15) is 30.6 Å². The summed E-state index contributed by atoms with van der Waals surface area (Å²) >= 11 is 3.39. The van der Waals surface area contributed by atoms with E-state index in [0.717, 1.165) is 24.9 Å². The molecule has 1 saturated carbocycles. The van der Waals surface area contributed by atoms with Gasteiger partial charge in [-0.25, -0.2) is 0 Å². The van der Waals surface area contributed by atoms with E-state index in [0.29, 0.717) is 22.7 Å². The predicted molar refractivity (Wildman–Crippen MR) is 124 cm³/mol. The van der Waals surface area contributed by atoms with E-state index < -0.39 is 36.9 Å². The number of nitrogen functional groups attached to an aromatic ring is 1. The van der Waals surface area contributed by atoms with E-state index in [1.165, 1.54) is 25.3 Å². The van der Waals surface area contributed by atoms with Crippen LogP contribution < -0.4 is 11.1 Å². The topological polar surface area (TPSA) is 156 Å². The van der Waals surface area contributed by atoms with Gasteiger partial charge in [0, 0.05) is 22.6 Å². The fourth-order valence-corrected chi connectivity index (χ4v) is 4.58. The van der Waals surface area contributed by atoms with Gasteiger partial charge in [0.05, 0.1) is 12.3 Å². The van der Waals surface area contributed by atoms with Gasteiger partial charge in [-0.05, 0) is 53.0 Å². The van der Waals surface area contributed by atoms with Crippen molar-refractivity contribution in [3.8, 4) is 0 Å². The van der Waals surface area contributed by atoms with Crippen LogP contribution in [0.15, 0.2) is 16.6 Å². The molecule has 4 atom stereocenters. The van der Waals surface area contributed by atoms with Crippen molar-refractivity contribution < 1.29 is 30.0 Å². The van der Waals surface area contributed by atoms with E-state index >= 15 is 0 Å². The van der Waals surface area contributed by atoms with Crippen molar-refractivity contribution >= 4 is 33.8 Å². The largest absolute Gasteiger partial charge is 0.398 e. The molecule has 0 radical (unpaired) electrons. The summed E-state index contributed by atoms with van der Waals surface area (Å²) in [5.74, 6) is -0.644. The lowest BCUT2D eigenvalue weighted by molar-refractivity contribution is -0.119. The normalized spacial score (nSPS) is 18.7. The molecular weight excluding hydrogens is 482 g/mol. The molecule has 1 aromatic carbocycles. The number of benzene rings is 1. The van der Waals surface area contributed by atoms with Gasteiger partial charge in [0.25, 0.3) is 5.91 Å². The summed E-state index contributed by atoms with van der Waals surface area (Å²) in [5, 5.41) is 40.7. The van der Waals surface area contributed by atoms with Crippen LogP contribution >= 0.6 is 15.9 Å². The van der Waals surface area contributed by atoms with Crippen LogP contribution in [0.1, 0.15) is 54.9 Å². The van der Waals surface area contributed by atoms with Crippen molar-refractivity contribution in [2.24, 2.45) is 0 Å². The van der Waals surface area contributed by atoms with Gasteiger partial charge in [-0.1, -0.05) is 26.2 Å². The summed E-state index contributed by atoms with van der Waals surface area (Å²) in [4.78, 5) is 26.6. The van der Waals surface area contributed by atoms with Crippen LogP contribution in [0.3, 0.4) is 0 Å². The standard InChI is InChI=1S/C22H34BrN3O6/c1-2-26(15-6-4-3-5-7-15)10-14-8-13(9-16(23)19(14)24)22(32)25-17(11-27)20(30)21(31)18(29)12-28/h8-9,11,15,17-18,20-21,28-31H,2-7,10,12,24H2,1H3,(H,25,32)/t17-,18+,20+,21+/m0/s1. The molecule has 2 rings (SSSR count). The molecule has 0 aliphatic heterocycles. The summed E-state index contributed by atoms with van der Waals surface area (Å²) in [7, 11) is 0. The van der Waals surface area contributed by atoms with Crippen molar-refractivity contribution in [3.05, 3.63) is 27.7 Å². The molecule has 0 spiro atoms. The highest BCUT2D eigenvalue weighted by Crippen LogP contribution is 2.29. The zero-order chi connectivity index (χ0) is 23.8. The third-order valence-corrected chi connectivity index (χ3v) is 6.75. The number of carbonyl (C=O) groups is 2. The quantitative estimate of drug-likeness (QED) is 0.184. The Morgan fingerprint density at radius 1 is 1.25 bits per heavy atom. The molecule has 180 valence electrons. The molecule has 1 aliphatic carbocycles. The minimum absolute atomic E-state index is 0.233. The molecule has 0 aromatic heterocycles. The fourth-order valence-electron chi connectivity index (χ4n) is 4.08. The summed E-state index contributed by atoms with van der Waals surface area (Å²) in [6.07, 6.45) is 0.947. The summed E-state index contributed by atoms with van der Waals surface area (Å²) in [5.41, 5.74) is 7.80. The zero-order valence-electron chi connectivity index (χ0n) is 18.3. The number of anilines is 1. The second-order valence-electron chi connectivity index (χ2n) is 8.25. The van der Waals surface area contributed by atoms with Gasteiger partial charge in [0.2, 0.25) is 0 Å². The molecule has 7 N–H and O–H groups in total. The molecule has 32 heavy (non-hydrogen) atoms. The Bertz CT molecular complexity index is 774. The van der Waals surface area contributed by atoms with E-state index in [-0.39, 0.29) is 11.8 Å². The highest BCUT2D eigenvalue weighted by Gasteiger charge is 2.32. The SMILES string of the molecule is CCN(Cc1cc(C(=O)N[C@@H](C=O)[C@@H](O)[C@H](O)[C@H](O)CO)cc(Br)c1N)C1CCCCC1. The summed E-state index contributed by atoms with van der Waals surface area (Å²) < 4.78 is 0.541. The smallest absolute Gasteiger partial charge is 0.251 e. The van der Waals surface area contributed by atoms with E-state index in [1.54, 1.807) is 6.07 Å². The number of hydrogen-bond donors (Lipinski definition) is 6. The summed E-state index contributed by atoms with van der Waals surface area (Å²) in [6, 6.07) is 2.18. The number of nitrogens with zero attached hydrogens (tertiary/aromatic N) is 1. The molecule has 0 bridgehead atoms. The van der Waals surface area contributed by atoms with Crippen molar-refractivity contribution in [3.63, 3.8) is 0 Å². The number of nitrogens with one attached hydrogen (secondary N) is 1. The molecule has 1 aromatic rings. The molecule has 0 saturated heterocycles. The van der Waals surface area contributed by atoms with Crippen molar-refractivity contribution in [1.29, 1.82) is 0 Å². The Hall–Kier alpha value is -1.56. The summed E-state index contributed by atoms with van der Waals surface area (Å²) in [6.45, 7) is 2.72. The van der Waals surface area contributed by atoms with Gasteiger partial charge >= 0.3 is 0 Å².